The van der Waals surface area contributed by atoms with Gasteiger partial charge in [-0.2, -0.15) is 0 Å². The van der Waals surface area contributed by atoms with Crippen molar-refractivity contribution in [3.05, 3.63) is 0 Å². The smallest absolute Gasteiger partial charge is 1.00 e. The Kier molecular flexibility index (Phi) is 8.63. The van der Waals surface area contributed by atoms with Crippen molar-refractivity contribution in [1.82, 2.24) is 0 Å². The van der Waals surface area contributed by atoms with Crippen molar-refractivity contribution in [1.29, 1.82) is 5.41 Å². The molecule has 0 aliphatic rings. The normalized spacial score (nSPS) is 11.5. The SMILES string of the molecule is N=CS(=O)[O-].[H-].[Li+]. The Morgan fingerprint density at radius 3 is 2.17 bits per heavy atom. The van der Waals surface area contributed by atoms with Crippen LogP contribution in [0.2, 0.25) is 0 Å². The van der Waals surface area contributed by atoms with E-state index >= 15 is 0 Å². The summed E-state index contributed by atoms with van der Waals surface area (Å²) in [5.41, 5.74) is 0.333. The van der Waals surface area contributed by atoms with Gasteiger partial charge in [0.05, 0.1) is 5.55 Å². The fourth-order valence-corrected chi connectivity index (χ4v) is 0. The number of hydrogen-bond donors (Lipinski definition) is 1. The quantitative estimate of drug-likeness (QED) is 0.161. The van der Waals surface area contributed by atoms with Crippen LogP contribution < -0.4 is 18.9 Å². The first-order chi connectivity index (χ1) is 2.27. The van der Waals surface area contributed by atoms with Gasteiger partial charge in [-0.15, -0.1) is 0 Å². The van der Waals surface area contributed by atoms with Crippen LogP contribution in [0.25, 0.3) is 0 Å². The molecule has 0 radical (unpaired) electrons. The van der Waals surface area contributed by atoms with E-state index in [1.807, 2.05) is 0 Å². The third-order valence-corrected chi connectivity index (χ3v) is 0.289. The molecule has 0 aliphatic heterocycles. The first kappa shape index (κ1) is 9.62. The van der Waals surface area contributed by atoms with Crippen molar-refractivity contribution < 1.29 is 29.0 Å². The summed E-state index contributed by atoms with van der Waals surface area (Å²) in [5, 5.41) is 5.92. The molecule has 1 N–H and O–H groups in total. The van der Waals surface area contributed by atoms with Crippen molar-refractivity contribution in [2.24, 2.45) is 0 Å². The minimum atomic E-state index is -2.28. The molecule has 0 aromatic heterocycles. The monoisotopic (exact) mass is 100 g/mol. The minimum Gasteiger partial charge on any atom is -1.00 e. The second-order valence-electron chi connectivity index (χ2n) is 0.378. The standard InChI is InChI=1S/CH3NO2S.Li.H/c2-1-5(3)4;;/h1-2H,(H,3,4);;/q;+1;-1/p-1. The molecule has 0 heterocycles. The van der Waals surface area contributed by atoms with Gasteiger partial charge >= 0.3 is 18.9 Å². The Balaban J connectivity index is -0.0000000800. The Labute approximate surface area is 51.6 Å². The zero-order valence-electron chi connectivity index (χ0n) is 4.30. The van der Waals surface area contributed by atoms with E-state index in [9.17, 15) is 0 Å². The van der Waals surface area contributed by atoms with Crippen molar-refractivity contribution in [2.75, 3.05) is 0 Å². The zero-order valence-corrected chi connectivity index (χ0v) is 4.12. The molecule has 1 atom stereocenters. The predicted octanol–water partition coefficient (Wildman–Crippen LogP) is -3.41. The maximum atomic E-state index is 9.12. The molecule has 0 aliphatic carbocycles. The molecule has 0 bridgehead atoms. The summed E-state index contributed by atoms with van der Waals surface area (Å²) in [6.07, 6.45) is 0. The number of hydrogen-bond acceptors (Lipinski definition) is 3. The molecule has 0 saturated heterocycles. The van der Waals surface area contributed by atoms with E-state index in [0.29, 0.717) is 5.55 Å². The van der Waals surface area contributed by atoms with Crippen LogP contribution in [0.5, 0.6) is 0 Å². The minimum absolute atomic E-state index is 0. The molecule has 0 amide bonds. The van der Waals surface area contributed by atoms with E-state index in [2.05, 4.69) is 0 Å². The van der Waals surface area contributed by atoms with Crippen molar-refractivity contribution in [3.63, 3.8) is 0 Å². The van der Waals surface area contributed by atoms with E-state index in [0.717, 1.165) is 0 Å². The number of rotatable bonds is 1. The van der Waals surface area contributed by atoms with Gasteiger partial charge in [0.15, 0.2) is 0 Å². The maximum absolute atomic E-state index is 9.12. The summed E-state index contributed by atoms with van der Waals surface area (Å²) in [7, 11) is 0. The van der Waals surface area contributed by atoms with Gasteiger partial charge in [0.25, 0.3) is 0 Å². The second-order valence-corrected chi connectivity index (χ2v) is 1.14. The topological polar surface area (TPSA) is 64.0 Å². The summed E-state index contributed by atoms with van der Waals surface area (Å²) in [6.45, 7) is 0. The van der Waals surface area contributed by atoms with Crippen LogP contribution in [-0.4, -0.2) is 14.3 Å². The van der Waals surface area contributed by atoms with Gasteiger partial charge in [-0.25, -0.2) is 0 Å². The van der Waals surface area contributed by atoms with E-state index in [4.69, 9.17) is 14.2 Å². The summed E-state index contributed by atoms with van der Waals surface area (Å²) in [4.78, 5) is 0. The molecule has 3 nitrogen and oxygen atoms in total. The van der Waals surface area contributed by atoms with Gasteiger partial charge in [-0.1, -0.05) is 0 Å². The van der Waals surface area contributed by atoms with Crippen LogP contribution in [-0.2, 0) is 11.1 Å². The van der Waals surface area contributed by atoms with Gasteiger partial charge in [-0.05, 0) is 11.1 Å². The first-order valence-corrected chi connectivity index (χ1v) is 2.00. The van der Waals surface area contributed by atoms with Gasteiger partial charge < -0.3 is 11.4 Å². The second kappa shape index (κ2) is 5.38. The molecule has 0 saturated carbocycles. The Bertz CT molecular complexity index is 68.7. The molecule has 6 heavy (non-hydrogen) atoms. The summed E-state index contributed by atoms with van der Waals surface area (Å²) < 4.78 is 18.2. The largest absolute Gasteiger partial charge is 1.00 e. The average Bonchev–Trinajstić information content (AvgIpc) is 1.38. The van der Waals surface area contributed by atoms with Crippen molar-refractivity contribution in [2.45, 2.75) is 0 Å². The maximum Gasteiger partial charge on any atom is 1.00 e. The van der Waals surface area contributed by atoms with Gasteiger partial charge in [0, 0.05) is 0 Å². The van der Waals surface area contributed by atoms with Crippen LogP contribution in [0, 0.1) is 5.41 Å². The molecule has 5 heteroatoms. The van der Waals surface area contributed by atoms with Crippen LogP contribution >= 0.6 is 0 Å². The predicted molar refractivity (Wildman–Crippen MR) is 18.8 cm³/mol. The molecule has 0 aromatic carbocycles. The van der Waals surface area contributed by atoms with Crippen molar-refractivity contribution in [3.8, 4) is 0 Å². The molecule has 32 valence electrons. The molecular weight excluding hydrogens is 97.0 g/mol. The average molecular weight is 100 g/mol. The van der Waals surface area contributed by atoms with E-state index in [-0.39, 0.29) is 20.3 Å². The zero-order chi connectivity index (χ0) is 4.28. The number of nitrogens with one attached hydrogen (secondary N) is 1. The molecule has 0 fully saturated rings. The van der Waals surface area contributed by atoms with E-state index in [1.165, 1.54) is 0 Å². The van der Waals surface area contributed by atoms with Gasteiger partial charge in [-0.3, -0.25) is 4.21 Å². The van der Waals surface area contributed by atoms with Crippen LogP contribution in [0.15, 0.2) is 0 Å². The molecule has 0 aromatic rings. The van der Waals surface area contributed by atoms with Gasteiger partial charge in [0.1, 0.15) is 0 Å². The van der Waals surface area contributed by atoms with Crippen molar-refractivity contribution >= 4 is 16.6 Å². The summed E-state index contributed by atoms with van der Waals surface area (Å²) >= 11 is -2.28. The fraction of sp³-hybridized carbons (Fsp3) is 0. The molecular formula is CH3LiNO2S-. The van der Waals surface area contributed by atoms with E-state index in [1.54, 1.807) is 0 Å². The third kappa shape index (κ3) is 8.83. The van der Waals surface area contributed by atoms with Crippen LogP contribution in [0.3, 0.4) is 0 Å². The van der Waals surface area contributed by atoms with E-state index < -0.39 is 11.1 Å². The summed E-state index contributed by atoms with van der Waals surface area (Å²) in [5.74, 6) is 0. The fourth-order valence-electron chi connectivity index (χ4n) is 0. The Morgan fingerprint density at radius 2 is 2.17 bits per heavy atom. The molecule has 1 unspecified atom stereocenters. The third-order valence-electron chi connectivity index (χ3n) is 0.0962. The molecule has 0 spiro atoms. The Hall–Kier alpha value is 0.377. The van der Waals surface area contributed by atoms with Gasteiger partial charge in [0.2, 0.25) is 0 Å². The first-order valence-electron chi connectivity index (χ1n) is 0.858. The van der Waals surface area contributed by atoms with Crippen LogP contribution in [0.1, 0.15) is 1.43 Å². The molecule has 0 rings (SSSR count). The Morgan fingerprint density at radius 1 is 2.00 bits per heavy atom. The van der Waals surface area contributed by atoms with Crippen LogP contribution in [0.4, 0.5) is 0 Å². The summed E-state index contributed by atoms with van der Waals surface area (Å²) in [6, 6.07) is 0.